The van der Waals surface area contributed by atoms with Gasteiger partial charge in [0.05, 0.1) is 0 Å². The topological polar surface area (TPSA) is 20.3 Å². The molecule has 0 atom stereocenters. The first-order valence-corrected chi connectivity index (χ1v) is 7.42. The highest BCUT2D eigenvalue weighted by atomic mass is 16.2. The maximum atomic E-state index is 12.5. The van der Waals surface area contributed by atoms with Crippen molar-refractivity contribution in [2.24, 2.45) is 0 Å². The molecule has 0 bridgehead atoms. The molecular formula is C19H21NO. The Morgan fingerprint density at radius 2 is 1.76 bits per heavy atom. The lowest BCUT2D eigenvalue weighted by Crippen LogP contribution is -2.23. The van der Waals surface area contributed by atoms with E-state index >= 15 is 0 Å². The van der Waals surface area contributed by atoms with Crippen LogP contribution in [-0.2, 0) is 18.5 Å². The predicted octanol–water partition coefficient (Wildman–Crippen LogP) is 4.14. The van der Waals surface area contributed by atoms with E-state index in [1.807, 2.05) is 29.2 Å². The predicted molar refractivity (Wildman–Crippen MR) is 85.2 cm³/mol. The van der Waals surface area contributed by atoms with Gasteiger partial charge in [0.25, 0.3) is 5.91 Å². The fraction of sp³-hybridized carbons (Fsp3) is 0.316. The van der Waals surface area contributed by atoms with Gasteiger partial charge in [-0.3, -0.25) is 4.79 Å². The Morgan fingerprint density at radius 3 is 2.43 bits per heavy atom. The van der Waals surface area contributed by atoms with Gasteiger partial charge in [-0.2, -0.15) is 0 Å². The van der Waals surface area contributed by atoms with Crippen LogP contribution in [0.5, 0.6) is 0 Å². The van der Waals surface area contributed by atoms with Gasteiger partial charge in [-0.25, -0.2) is 0 Å². The summed E-state index contributed by atoms with van der Waals surface area (Å²) >= 11 is 0. The summed E-state index contributed by atoms with van der Waals surface area (Å²) in [6.07, 6.45) is 0. The molecule has 21 heavy (non-hydrogen) atoms. The standard InChI is InChI=1S/C19H21NO/c1-19(2,3)16-9-10-17-15(11-16)13-20(18(17)21)12-14-7-5-4-6-8-14/h4-11H,12-13H2,1-3H3. The van der Waals surface area contributed by atoms with E-state index in [9.17, 15) is 4.79 Å². The molecule has 0 spiro atoms. The number of carbonyl (C=O) groups is 1. The van der Waals surface area contributed by atoms with Crippen LogP contribution in [0.2, 0.25) is 0 Å². The maximum absolute atomic E-state index is 12.5. The monoisotopic (exact) mass is 279 g/mol. The minimum Gasteiger partial charge on any atom is -0.330 e. The molecule has 3 rings (SSSR count). The Hall–Kier alpha value is -2.09. The van der Waals surface area contributed by atoms with E-state index in [4.69, 9.17) is 0 Å². The van der Waals surface area contributed by atoms with E-state index in [0.717, 1.165) is 11.1 Å². The second kappa shape index (κ2) is 5.03. The molecule has 0 aliphatic carbocycles. The van der Waals surface area contributed by atoms with Gasteiger partial charge < -0.3 is 4.90 Å². The van der Waals surface area contributed by atoms with Gasteiger partial charge in [-0.1, -0.05) is 63.2 Å². The molecular weight excluding hydrogens is 258 g/mol. The van der Waals surface area contributed by atoms with Crippen LogP contribution in [0.25, 0.3) is 0 Å². The normalized spacial score (nSPS) is 14.4. The van der Waals surface area contributed by atoms with Crippen LogP contribution in [0, 0.1) is 0 Å². The lowest BCUT2D eigenvalue weighted by atomic mass is 9.85. The molecule has 108 valence electrons. The zero-order valence-corrected chi connectivity index (χ0v) is 12.9. The minimum atomic E-state index is 0.116. The van der Waals surface area contributed by atoms with Crippen LogP contribution in [0.1, 0.15) is 47.8 Å². The Labute approximate surface area is 126 Å². The molecule has 0 fully saturated rings. The highest BCUT2D eigenvalue weighted by Gasteiger charge is 2.28. The van der Waals surface area contributed by atoms with Crippen molar-refractivity contribution in [1.82, 2.24) is 4.90 Å². The first-order valence-electron chi connectivity index (χ1n) is 7.42. The van der Waals surface area contributed by atoms with Crippen LogP contribution in [-0.4, -0.2) is 10.8 Å². The third-order valence-electron chi connectivity index (χ3n) is 4.07. The number of hydrogen-bond acceptors (Lipinski definition) is 1. The van der Waals surface area contributed by atoms with E-state index in [0.29, 0.717) is 13.1 Å². The lowest BCUT2D eigenvalue weighted by Gasteiger charge is -2.19. The summed E-state index contributed by atoms with van der Waals surface area (Å²) in [6, 6.07) is 16.4. The molecule has 1 amide bonds. The van der Waals surface area contributed by atoms with Gasteiger partial charge in [0.1, 0.15) is 0 Å². The average molecular weight is 279 g/mol. The molecule has 0 saturated carbocycles. The molecule has 2 aromatic carbocycles. The van der Waals surface area contributed by atoms with E-state index < -0.39 is 0 Å². The zero-order valence-electron chi connectivity index (χ0n) is 12.9. The van der Waals surface area contributed by atoms with Crippen molar-refractivity contribution < 1.29 is 4.79 Å². The van der Waals surface area contributed by atoms with Crippen molar-refractivity contribution in [3.8, 4) is 0 Å². The Balaban J connectivity index is 1.85. The van der Waals surface area contributed by atoms with Gasteiger partial charge in [0, 0.05) is 18.7 Å². The Morgan fingerprint density at radius 1 is 1.05 bits per heavy atom. The van der Waals surface area contributed by atoms with Crippen LogP contribution in [0.4, 0.5) is 0 Å². The van der Waals surface area contributed by atoms with Crippen molar-refractivity contribution in [2.45, 2.75) is 39.3 Å². The van der Waals surface area contributed by atoms with Crippen LogP contribution in [0.15, 0.2) is 48.5 Å². The van der Waals surface area contributed by atoms with Gasteiger partial charge in [0.15, 0.2) is 0 Å². The van der Waals surface area contributed by atoms with Crippen molar-refractivity contribution in [3.05, 3.63) is 70.8 Å². The molecule has 0 unspecified atom stereocenters. The van der Waals surface area contributed by atoms with Gasteiger partial charge in [-0.05, 0) is 28.2 Å². The number of nitrogens with zero attached hydrogens (tertiary/aromatic N) is 1. The Kier molecular flexibility index (Phi) is 3.32. The molecule has 0 radical (unpaired) electrons. The minimum absolute atomic E-state index is 0.116. The van der Waals surface area contributed by atoms with Crippen LogP contribution >= 0.6 is 0 Å². The van der Waals surface area contributed by atoms with E-state index in [2.05, 4.69) is 45.0 Å². The van der Waals surface area contributed by atoms with Crippen molar-refractivity contribution >= 4 is 5.91 Å². The first-order chi connectivity index (χ1) is 9.95. The van der Waals surface area contributed by atoms with Gasteiger partial charge in [-0.15, -0.1) is 0 Å². The summed E-state index contributed by atoms with van der Waals surface area (Å²) in [6.45, 7) is 8.00. The van der Waals surface area contributed by atoms with E-state index in [1.165, 1.54) is 11.1 Å². The van der Waals surface area contributed by atoms with Crippen molar-refractivity contribution in [2.75, 3.05) is 0 Å². The number of benzene rings is 2. The smallest absolute Gasteiger partial charge is 0.254 e. The summed E-state index contributed by atoms with van der Waals surface area (Å²) in [7, 11) is 0. The molecule has 1 aliphatic heterocycles. The second-order valence-corrected chi connectivity index (χ2v) is 6.77. The summed E-state index contributed by atoms with van der Waals surface area (Å²) < 4.78 is 0. The molecule has 1 aliphatic rings. The fourth-order valence-corrected chi connectivity index (χ4v) is 2.78. The zero-order chi connectivity index (χ0) is 15.0. The highest BCUT2D eigenvalue weighted by molar-refractivity contribution is 5.98. The summed E-state index contributed by atoms with van der Waals surface area (Å²) in [5.41, 5.74) is 4.60. The molecule has 2 aromatic rings. The summed E-state index contributed by atoms with van der Waals surface area (Å²) in [5, 5.41) is 0. The third-order valence-corrected chi connectivity index (χ3v) is 4.07. The average Bonchev–Trinajstić information content (AvgIpc) is 2.75. The molecule has 0 saturated heterocycles. The number of amides is 1. The number of fused-ring (bicyclic) bond motifs is 1. The first kappa shape index (κ1) is 13.9. The molecule has 1 heterocycles. The maximum Gasteiger partial charge on any atom is 0.254 e. The second-order valence-electron chi connectivity index (χ2n) is 6.77. The number of hydrogen-bond donors (Lipinski definition) is 0. The Bertz CT molecular complexity index is 668. The molecule has 0 N–H and O–H groups in total. The highest BCUT2D eigenvalue weighted by Crippen LogP contribution is 2.30. The fourth-order valence-electron chi connectivity index (χ4n) is 2.78. The van der Waals surface area contributed by atoms with Crippen molar-refractivity contribution in [1.29, 1.82) is 0 Å². The molecule has 2 nitrogen and oxygen atoms in total. The summed E-state index contributed by atoms with van der Waals surface area (Å²) in [4.78, 5) is 14.4. The SMILES string of the molecule is CC(C)(C)c1ccc2c(c1)CN(Cc1ccccc1)C2=O. The largest absolute Gasteiger partial charge is 0.330 e. The third kappa shape index (κ3) is 2.71. The molecule has 0 aromatic heterocycles. The van der Waals surface area contributed by atoms with E-state index in [1.54, 1.807) is 0 Å². The lowest BCUT2D eigenvalue weighted by molar-refractivity contribution is 0.0766. The van der Waals surface area contributed by atoms with Gasteiger partial charge >= 0.3 is 0 Å². The quantitative estimate of drug-likeness (QED) is 0.809. The number of rotatable bonds is 2. The van der Waals surface area contributed by atoms with Crippen molar-refractivity contribution in [3.63, 3.8) is 0 Å². The summed E-state index contributed by atoms with van der Waals surface area (Å²) in [5.74, 6) is 0.148. The van der Waals surface area contributed by atoms with Gasteiger partial charge in [0.2, 0.25) is 0 Å². The molecule has 2 heteroatoms. The van der Waals surface area contributed by atoms with Crippen LogP contribution < -0.4 is 0 Å². The van der Waals surface area contributed by atoms with Crippen LogP contribution in [0.3, 0.4) is 0 Å². The number of carbonyl (C=O) groups excluding carboxylic acids is 1. The van der Waals surface area contributed by atoms with E-state index in [-0.39, 0.29) is 11.3 Å².